The van der Waals surface area contributed by atoms with E-state index in [1.165, 1.54) is 5.01 Å². The molecule has 3 fully saturated rings. The standard InChI is InChI=1S/C17H26N4O2S/c1-19-3-5-21(6-4-19)17(22)9-14-8-13-10-20(11-15(13)23-14)12-16-18-2-7-24-16/h2,7,13-15H,3-6,8-12H2,1H3/t13-,14-,15+/m0/s1. The van der Waals surface area contributed by atoms with Gasteiger partial charge in [-0.25, -0.2) is 4.98 Å². The highest BCUT2D eigenvalue weighted by atomic mass is 32.1. The van der Waals surface area contributed by atoms with Gasteiger partial charge in [0.05, 0.1) is 25.2 Å². The number of carbonyl (C=O) groups excluding carboxylic acids is 1. The maximum Gasteiger partial charge on any atom is 0.225 e. The zero-order chi connectivity index (χ0) is 16.5. The first kappa shape index (κ1) is 16.4. The maximum atomic E-state index is 12.5. The molecule has 0 radical (unpaired) electrons. The van der Waals surface area contributed by atoms with Gasteiger partial charge < -0.3 is 14.5 Å². The Hall–Kier alpha value is -1.02. The largest absolute Gasteiger partial charge is 0.373 e. The Balaban J connectivity index is 1.23. The molecule has 7 heteroatoms. The number of aromatic nitrogens is 1. The Morgan fingerprint density at radius 1 is 1.33 bits per heavy atom. The minimum Gasteiger partial charge on any atom is -0.373 e. The lowest BCUT2D eigenvalue weighted by Crippen LogP contribution is -2.47. The van der Waals surface area contributed by atoms with E-state index in [0.29, 0.717) is 18.4 Å². The Kier molecular flexibility index (Phi) is 4.85. The Morgan fingerprint density at radius 3 is 2.88 bits per heavy atom. The highest BCUT2D eigenvalue weighted by Gasteiger charge is 2.42. The molecule has 4 rings (SSSR count). The van der Waals surface area contributed by atoms with E-state index in [4.69, 9.17) is 4.74 Å². The second kappa shape index (κ2) is 7.07. The summed E-state index contributed by atoms with van der Waals surface area (Å²) in [7, 11) is 2.11. The van der Waals surface area contributed by atoms with Crippen LogP contribution in [0.25, 0.3) is 0 Å². The van der Waals surface area contributed by atoms with Crippen molar-refractivity contribution in [2.24, 2.45) is 5.92 Å². The first-order chi connectivity index (χ1) is 11.7. The van der Waals surface area contributed by atoms with Crippen molar-refractivity contribution in [1.29, 1.82) is 0 Å². The number of fused-ring (bicyclic) bond motifs is 1. The fourth-order valence-corrected chi connectivity index (χ4v) is 4.77. The molecule has 3 aliphatic heterocycles. The van der Waals surface area contributed by atoms with Crippen molar-refractivity contribution in [3.05, 3.63) is 16.6 Å². The number of hydrogen-bond acceptors (Lipinski definition) is 6. The van der Waals surface area contributed by atoms with E-state index >= 15 is 0 Å². The Morgan fingerprint density at radius 2 is 2.17 bits per heavy atom. The van der Waals surface area contributed by atoms with Gasteiger partial charge in [0.2, 0.25) is 5.91 Å². The van der Waals surface area contributed by atoms with Crippen LogP contribution in [0.3, 0.4) is 0 Å². The molecule has 3 aliphatic rings. The van der Waals surface area contributed by atoms with E-state index in [1.807, 2.05) is 16.5 Å². The molecule has 0 spiro atoms. The Labute approximate surface area is 147 Å². The van der Waals surface area contributed by atoms with Crippen molar-refractivity contribution in [2.75, 3.05) is 46.3 Å². The zero-order valence-electron chi connectivity index (χ0n) is 14.3. The fraction of sp³-hybridized carbons (Fsp3) is 0.765. The minimum absolute atomic E-state index is 0.120. The molecule has 0 N–H and O–H groups in total. The molecule has 24 heavy (non-hydrogen) atoms. The van der Waals surface area contributed by atoms with Gasteiger partial charge in [-0.15, -0.1) is 11.3 Å². The van der Waals surface area contributed by atoms with Crippen molar-refractivity contribution in [3.63, 3.8) is 0 Å². The summed E-state index contributed by atoms with van der Waals surface area (Å²) in [5.74, 6) is 0.850. The van der Waals surface area contributed by atoms with E-state index < -0.39 is 0 Å². The fourth-order valence-electron chi connectivity index (χ4n) is 4.11. The van der Waals surface area contributed by atoms with Crippen LogP contribution in [0.2, 0.25) is 0 Å². The van der Waals surface area contributed by atoms with Gasteiger partial charge in [0.15, 0.2) is 0 Å². The number of ether oxygens (including phenoxy) is 1. The number of likely N-dealkylation sites (N-methyl/N-ethyl adjacent to an activating group) is 1. The summed E-state index contributed by atoms with van der Waals surface area (Å²) in [6.07, 6.45) is 3.87. The predicted octanol–water partition coefficient (Wildman–Crippen LogP) is 0.897. The van der Waals surface area contributed by atoms with Crippen molar-refractivity contribution >= 4 is 17.2 Å². The number of thiazole rings is 1. The van der Waals surface area contributed by atoms with Gasteiger partial charge in [0.25, 0.3) is 0 Å². The van der Waals surface area contributed by atoms with Gasteiger partial charge in [-0.1, -0.05) is 0 Å². The minimum atomic E-state index is 0.120. The van der Waals surface area contributed by atoms with Crippen LogP contribution in [0.4, 0.5) is 0 Å². The number of hydrogen-bond donors (Lipinski definition) is 0. The number of nitrogens with zero attached hydrogens (tertiary/aromatic N) is 4. The monoisotopic (exact) mass is 350 g/mol. The van der Waals surface area contributed by atoms with Crippen molar-refractivity contribution in [1.82, 2.24) is 19.7 Å². The number of amides is 1. The van der Waals surface area contributed by atoms with E-state index in [0.717, 1.165) is 52.2 Å². The maximum absolute atomic E-state index is 12.5. The van der Waals surface area contributed by atoms with Gasteiger partial charge >= 0.3 is 0 Å². The van der Waals surface area contributed by atoms with Crippen LogP contribution in [0, 0.1) is 5.92 Å². The average Bonchev–Trinajstić information content (AvgIpc) is 3.25. The van der Waals surface area contributed by atoms with E-state index in [2.05, 4.69) is 21.8 Å². The number of rotatable bonds is 4. The van der Waals surface area contributed by atoms with E-state index in [-0.39, 0.29) is 12.0 Å². The lowest BCUT2D eigenvalue weighted by molar-refractivity contribution is -0.135. The molecule has 0 bridgehead atoms. The highest BCUT2D eigenvalue weighted by molar-refractivity contribution is 7.09. The average molecular weight is 350 g/mol. The second-order valence-corrected chi connectivity index (χ2v) is 8.28. The van der Waals surface area contributed by atoms with Gasteiger partial charge in [-0.2, -0.15) is 0 Å². The first-order valence-electron chi connectivity index (χ1n) is 8.90. The predicted molar refractivity (Wildman–Crippen MR) is 92.9 cm³/mol. The molecule has 0 unspecified atom stereocenters. The molecule has 3 saturated heterocycles. The molecule has 0 aromatic carbocycles. The van der Waals surface area contributed by atoms with Crippen molar-refractivity contribution in [2.45, 2.75) is 31.6 Å². The molecule has 0 saturated carbocycles. The molecule has 6 nitrogen and oxygen atoms in total. The summed E-state index contributed by atoms with van der Waals surface area (Å²) in [5.41, 5.74) is 0. The molecule has 3 atom stereocenters. The molecule has 1 amide bonds. The summed E-state index contributed by atoms with van der Waals surface area (Å²) in [6, 6.07) is 0. The quantitative estimate of drug-likeness (QED) is 0.807. The zero-order valence-corrected chi connectivity index (χ0v) is 15.1. The van der Waals surface area contributed by atoms with Crippen LogP contribution in [-0.4, -0.2) is 84.1 Å². The number of likely N-dealkylation sites (tertiary alicyclic amines) is 1. The summed E-state index contributed by atoms with van der Waals surface area (Å²) >= 11 is 1.72. The molecule has 1 aromatic rings. The highest BCUT2D eigenvalue weighted by Crippen LogP contribution is 2.35. The Bertz CT molecular complexity index is 545. The summed E-state index contributed by atoms with van der Waals surface area (Å²) in [6.45, 7) is 6.65. The van der Waals surface area contributed by atoms with Crippen LogP contribution >= 0.6 is 11.3 Å². The smallest absolute Gasteiger partial charge is 0.225 e. The number of carbonyl (C=O) groups is 1. The van der Waals surface area contributed by atoms with E-state index in [1.54, 1.807) is 11.3 Å². The molecule has 132 valence electrons. The van der Waals surface area contributed by atoms with E-state index in [9.17, 15) is 4.79 Å². The second-order valence-electron chi connectivity index (χ2n) is 7.30. The first-order valence-corrected chi connectivity index (χ1v) is 9.78. The summed E-state index contributed by atoms with van der Waals surface area (Å²) in [5, 5.41) is 3.21. The van der Waals surface area contributed by atoms with Crippen LogP contribution in [0.15, 0.2) is 11.6 Å². The lowest BCUT2D eigenvalue weighted by atomic mass is 10.0. The van der Waals surface area contributed by atoms with Crippen LogP contribution in [0.1, 0.15) is 17.8 Å². The SMILES string of the molecule is CN1CCN(C(=O)C[C@@H]2C[C@H]3CN(Cc4nccs4)C[C@H]3O2)CC1. The van der Waals surface area contributed by atoms with Gasteiger partial charge in [-0.3, -0.25) is 9.69 Å². The van der Waals surface area contributed by atoms with Crippen molar-refractivity contribution in [3.8, 4) is 0 Å². The van der Waals surface area contributed by atoms with Crippen LogP contribution < -0.4 is 0 Å². The summed E-state index contributed by atoms with van der Waals surface area (Å²) in [4.78, 5) is 23.6. The normalized spacial score (nSPS) is 31.5. The van der Waals surface area contributed by atoms with Gasteiger partial charge in [0.1, 0.15) is 5.01 Å². The summed E-state index contributed by atoms with van der Waals surface area (Å²) < 4.78 is 6.20. The third-order valence-electron chi connectivity index (χ3n) is 5.49. The lowest BCUT2D eigenvalue weighted by Gasteiger charge is -2.33. The molecular weight excluding hydrogens is 324 g/mol. The molecular formula is C17H26N4O2S. The third kappa shape index (κ3) is 3.64. The topological polar surface area (TPSA) is 48.9 Å². The van der Waals surface area contributed by atoms with Crippen LogP contribution in [-0.2, 0) is 16.1 Å². The number of piperazine rings is 1. The van der Waals surface area contributed by atoms with Crippen molar-refractivity contribution < 1.29 is 9.53 Å². The molecule has 1 aromatic heterocycles. The van der Waals surface area contributed by atoms with Crippen LogP contribution in [0.5, 0.6) is 0 Å². The van der Waals surface area contributed by atoms with Gasteiger partial charge in [-0.05, 0) is 13.5 Å². The molecule has 4 heterocycles. The third-order valence-corrected chi connectivity index (χ3v) is 6.25. The van der Waals surface area contributed by atoms with Gasteiger partial charge in [0, 0.05) is 56.8 Å². The molecule has 0 aliphatic carbocycles.